The van der Waals surface area contributed by atoms with E-state index < -0.39 is 0 Å². The molecule has 34 heavy (non-hydrogen) atoms. The van der Waals surface area contributed by atoms with Crippen LogP contribution in [0.1, 0.15) is 37.5 Å². The molecule has 5 nitrogen and oxygen atoms in total. The number of hydrogen-bond acceptors (Lipinski definition) is 4. The second-order valence-corrected chi connectivity index (χ2v) is 8.79. The van der Waals surface area contributed by atoms with Gasteiger partial charge in [0, 0.05) is 12.2 Å². The van der Waals surface area contributed by atoms with Gasteiger partial charge in [-0.15, -0.1) is 0 Å². The van der Waals surface area contributed by atoms with Crippen LogP contribution in [0.2, 0.25) is 0 Å². The van der Waals surface area contributed by atoms with Crippen LogP contribution in [-0.2, 0) is 9.59 Å². The second-order valence-electron chi connectivity index (χ2n) is 8.79. The van der Waals surface area contributed by atoms with Crippen LogP contribution in [0.4, 0.5) is 11.4 Å². The normalized spacial score (nSPS) is 13.8. The number of para-hydroxylation sites is 1. The minimum absolute atomic E-state index is 0.0454. The van der Waals surface area contributed by atoms with Crippen LogP contribution >= 0.6 is 0 Å². The van der Waals surface area contributed by atoms with Crippen LogP contribution < -0.4 is 14.5 Å². The first kappa shape index (κ1) is 23.3. The Hall–Kier alpha value is -3.86. The van der Waals surface area contributed by atoms with Crippen molar-refractivity contribution in [3.63, 3.8) is 0 Å². The number of carbonyl (C=O) groups excluding carboxylic acids is 2. The van der Waals surface area contributed by atoms with Gasteiger partial charge in [-0.1, -0.05) is 36.4 Å². The van der Waals surface area contributed by atoms with Gasteiger partial charge in [-0.25, -0.2) is 4.90 Å². The first-order chi connectivity index (χ1) is 16.3. The highest BCUT2D eigenvalue weighted by molar-refractivity contribution is 6.46. The van der Waals surface area contributed by atoms with Gasteiger partial charge >= 0.3 is 0 Å². The Morgan fingerprint density at radius 3 is 2.03 bits per heavy atom. The third kappa shape index (κ3) is 4.46. The van der Waals surface area contributed by atoms with E-state index in [1.54, 1.807) is 0 Å². The lowest BCUT2D eigenvalue weighted by molar-refractivity contribution is -0.120. The van der Waals surface area contributed by atoms with Crippen molar-refractivity contribution in [2.45, 2.75) is 40.7 Å². The van der Waals surface area contributed by atoms with Crippen molar-refractivity contribution >= 4 is 28.8 Å². The molecule has 0 aromatic heterocycles. The molecule has 0 spiro atoms. The summed E-state index contributed by atoms with van der Waals surface area (Å²) in [6.07, 6.45) is 0.0454. The summed E-state index contributed by atoms with van der Waals surface area (Å²) in [4.78, 5) is 31.0. The average molecular weight is 455 g/mol. The molecule has 2 amide bonds. The molecule has 174 valence electrons. The van der Waals surface area contributed by atoms with Crippen LogP contribution in [0.15, 0.2) is 78.5 Å². The summed E-state index contributed by atoms with van der Waals surface area (Å²) in [6.45, 7) is 10.4. The Morgan fingerprint density at radius 2 is 1.47 bits per heavy atom. The molecule has 0 unspecified atom stereocenters. The van der Waals surface area contributed by atoms with Gasteiger partial charge in [-0.2, -0.15) is 0 Å². The van der Waals surface area contributed by atoms with E-state index in [-0.39, 0.29) is 17.9 Å². The Bertz CT molecular complexity index is 1220. The highest BCUT2D eigenvalue weighted by atomic mass is 16.5. The molecule has 4 rings (SSSR count). The van der Waals surface area contributed by atoms with Crippen LogP contribution in [0.25, 0.3) is 5.57 Å². The molecule has 1 heterocycles. The smallest absolute Gasteiger partial charge is 0.282 e. The standard InChI is InChI=1S/C29H30N2O3/c1-6-30(23-10-8-7-9-11-23)27-26(22-12-14-25(15-13-22)34-19(2)3)28(32)31(29(27)33)24-17-20(4)16-21(5)18-24/h7-19H,6H2,1-5H3. The average Bonchev–Trinajstić information content (AvgIpc) is 3.05. The highest BCUT2D eigenvalue weighted by Crippen LogP contribution is 2.37. The number of amides is 2. The van der Waals surface area contributed by atoms with Gasteiger partial charge in [0.1, 0.15) is 11.4 Å². The molecule has 0 atom stereocenters. The van der Waals surface area contributed by atoms with Crippen molar-refractivity contribution in [3.8, 4) is 5.75 Å². The zero-order chi connectivity index (χ0) is 24.4. The van der Waals surface area contributed by atoms with Crippen molar-refractivity contribution in [2.75, 3.05) is 16.3 Å². The quantitative estimate of drug-likeness (QED) is 0.417. The lowest BCUT2D eigenvalue weighted by Gasteiger charge is -2.25. The van der Waals surface area contributed by atoms with Crippen molar-refractivity contribution < 1.29 is 14.3 Å². The molecular formula is C29H30N2O3. The zero-order valence-corrected chi connectivity index (χ0v) is 20.3. The Kier molecular flexibility index (Phi) is 6.55. The molecule has 0 fully saturated rings. The maximum atomic E-state index is 13.9. The zero-order valence-electron chi connectivity index (χ0n) is 20.3. The Morgan fingerprint density at radius 1 is 0.853 bits per heavy atom. The molecule has 5 heteroatoms. The minimum Gasteiger partial charge on any atom is -0.491 e. The number of likely N-dealkylation sites (N-methyl/N-ethyl adjacent to an activating group) is 1. The van der Waals surface area contributed by atoms with Gasteiger partial charge < -0.3 is 9.64 Å². The number of aryl methyl sites for hydroxylation is 2. The number of imide groups is 1. The fraction of sp³-hybridized carbons (Fsp3) is 0.241. The van der Waals surface area contributed by atoms with Crippen LogP contribution in [0, 0.1) is 13.8 Å². The first-order valence-corrected chi connectivity index (χ1v) is 11.6. The fourth-order valence-electron chi connectivity index (χ4n) is 4.39. The maximum absolute atomic E-state index is 13.9. The van der Waals surface area contributed by atoms with Gasteiger partial charge in [-0.3, -0.25) is 9.59 Å². The van der Waals surface area contributed by atoms with Gasteiger partial charge in [0.2, 0.25) is 0 Å². The van der Waals surface area contributed by atoms with Crippen molar-refractivity contribution in [1.82, 2.24) is 0 Å². The van der Waals surface area contributed by atoms with E-state index in [1.165, 1.54) is 4.90 Å². The maximum Gasteiger partial charge on any atom is 0.282 e. The fourth-order valence-corrected chi connectivity index (χ4v) is 4.39. The number of ether oxygens (including phenoxy) is 1. The van der Waals surface area contributed by atoms with Gasteiger partial charge in [0.05, 0.1) is 17.4 Å². The van der Waals surface area contributed by atoms with Crippen molar-refractivity contribution in [3.05, 3.63) is 95.2 Å². The summed E-state index contributed by atoms with van der Waals surface area (Å²) >= 11 is 0. The summed E-state index contributed by atoms with van der Waals surface area (Å²) in [5, 5.41) is 0. The Balaban J connectivity index is 1.87. The monoisotopic (exact) mass is 454 g/mol. The molecule has 3 aromatic rings. The molecule has 1 aliphatic heterocycles. The molecule has 0 saturated heterocycles. The molecule has 0 radical (unpaired) electrons. The molecule has 0 aliphatic carbocycles. The second kappa shape index (κ2) is 9.56. The summed E-state index contributed by atoms with van der Waals surface area (Å²) in [5.74, 6) is 0.0781. The summed E-state index contributed by atoms with van der Waals surface area (Å²) in [7, 11) is 0. The molecular weight excluding hydrogens is 424 g/mol. The van der Waals surface area contributed by atoms with E-state index in [9.17, 15) is 9.59 Å². The van der Waals surface area contributed by atoms with E-state index in [0.717, 1.165) is 22.6 Å². The number of carbonyl (C=O) groups is 2. The SMILES string of the molecule is CCN(C1=C(c2ccc(OC(C)C)cc2)C(=O)N(c2cc(C)cc(C)c2)C1=O)c1ccccc1. The number of benzene rings is 3. The van der Waals surface area contributed by atoms with E-state index in [1.807, 2.05) is 112 Å². The lowest BCUT2D eigenvalue weighted by Crippen LogP contribution is -2.35. The van der Waals surface area contributed by atoms with E-state index >= 15 is 0 Å². The van der Waals surface area contributed by atoms with Crippen LogP contribution in [-0.4, -0.2) is 24.5 Å². The first-order valence-electron chi connectivity index (χ1n) is 11.6. The highest BCUT2D eigenvalue weighted by Gasteiger charge is 2.42. The molecule has 0 N–H and O–H groups in total. The third-order valence-electron chi connectivity index (χ3n) is 5.69. The largest absolute Gasteiger partial charge is 0.491 e. The lowest BCUT2D eigenvalue weighted by atomic mass is 10.0. The van der Waals surface area contributed by atoms with Crippen LogP contribution in [0.3, 0.4) is 0 Å². The van der Waals surface area contributed by atoms with E-state index in [0.29, 0.717) is 29.1 Å². The number of hydrogen-bond donors (Lipinski definition) is 0. The van der Waals surface area contributed by atoms with Crippen molar-refractivity contribution in [1.29, 1.82) is 0 Å². The number of nitrogens with zero attached hydrogens (tertiary/aromatic N) is 2. The predicted octanol–water partition coefficient (Wildman–Crippen LogP) is 5.90. The molecule has 0 saturated carbocycles. The Labute approximate surface area is 201 Å². The van der Waals surface area contributed by atoms with Gasteiger partial charge in [0.25, 0.3) is 11.8 Å². The summed E-state index contributed by atoms with van der Waals surface area (Å²) < 4.78 is 5.77. The topological polar surface area (TPSA) is 49.9 Å². The molecule has 3 aromatic carbocycles. The van der Waals surface area contributed by atoms with Gasteiger partial charge in [0.15, 0.2) is 0 Å². The number of rotatable bonds is 7. The molecule has 1 aliphatic rings. The van der Waals surface area contributed by atoms with E-state index in [4.69, 9.17) is 4.74 Å². The number of anilines is 2. The third-order valence-corrected chi connectivity index (χ3v) is 5.69. The van der Waals surface area contributed by atoms with Crippen molar-refractivity contribution in [2.24, 2.45) is 0 Å². The van der Waals surface area contributed by atoms with Crippen LogP contribution in [0.5, 0.6) is 5.75 Å². The predicted molar refractivity (Wildman–Crippen MR) is 137 cm³/mol. The summed E-state index contributed by atoms with van der Waals surface area (Å²) in [6, 6.07) is 22.9. The summed E-state index contributed by atoms with van der Waals surface area (Å²) in [5.41, 5.74) is 4.91. The molecule has 0 bridgehead atoms. The minimum atomic E-state index is -0.322. The van der Waals surface area contributed by atoms with Gasteiger partial charge in [-0.05, 0) is 87.7 Å². The van der Waals surface area contributed by atoms with E-state index in [2.05, 4.69) is 0 Å².